The zero-order valence-electron chi connectivity index (χ0n) is 10.6. The lowest BCUT2D eigenvalue weighted by atomic mass is 10.1. The van der Waals surface area contributed by atoms with Gasteiger partial charge in [0, 0.05) is 11.8 Å². The lowest BCUT2D eigenvalue weighted by Crippen LogP contribution is -2.01. The van der Waals surface area contributed by atoms with Gasteiger partial charge in [-0.1, -0.05) is 12.1 Å². The van der Waals surface area contributed by atoms with Crippen LogP contribution in [0.15, 0.2) is 42.7 Å². The highest BCUT2D eigenvalue weighted by Crippen LogP contribution is 2.29. The molecule has 3 aromatic rings. The Morgan fingerprint density at radius 2 is 2.10 bits per heavy atom. The molecule has 0 spiro atoms. The molecule has 0 aliphatic carbocycles. The quantitative estimate of drug-likeness (QED) is 0.788. The van der Waals surface area contributed by atoms with Crippen LogP contribution in [-0.4, -0.2) is 32.8 Å². The predicted octanol–water partition coefficient (Wildman–Crippen LogP) is 2.10. The predicted molar refractivity (Wildman–Crippen MR) is 71.9 cm³/mol. The van der Waals surface area contributed by atoms with Crippen LogP contribution in [0.5, 0.6) is 5.75 Å². The summed E-state index contributed by atoms with van der Waals surface area (Å²) in [4.78, 5) is 15.5. The van der Waals surface area contributed by atoms with Crippen LogP contribution in [0, 0.1) is 0 Å². The number of carbonyl (C=O) groups is 1. The first-order valence-electron chi connectivity index (χ1n) is 5.92. The Bertz CT molecular complexity index is 795. The summed E-state index contributed by atoms with van der Waals surface area (Å²) in [6.45, 7) is 0. The normalized spacial score (nSPS) is 10.7. The van der Waals surface area contributed by atoms with Gasteiger partial charge in [-0.2, -0.15) is 5.10 Å². The van der Waals surface area contributed by atoms with Crippen molar-refractivity contribution < 1.29 is 14.6 Å². The molecule has 0 amide bonds. The molecule has 100 valence electrons. The molecular weight excluding hydrogens is 258 g/mol. The van der Waals surface area contributed by atoms with Gasteiger partial charge in [-0.3, -0.25) is 0 Å². The standard InChI is InChI=1S/C14H11N3O3/c1-20-12-5-3-2-4-9(12)11-8-17-13(16-11)10(14(18)19)6-7-15-17/h2-8H,1H3,(H,18,19). The summed E-state index contributed by atoms with van der Waals surface area (Å²) >= 11 is 0. The van der Waals surface area contributed by atoms with Gasteiger partial charge in [0.15, 0.2) is 5.65 Å². The maximum atomic E-state index is 11.2. The molecule has 6 nitrogen and oxygen atoms in total. The first-order valence-corrected chi connectivity index (χ1v) is 5.92. The monoisotopic (exact) mass is 269 g/mol. The number of nitrogens with zero attached hydrogens (tertiary/aromatic N) is 3. The molecule has 0 saturated carbocycles. The third-order valence-electron chi connectivity index (χ3n) is 2.97. The Morgan fingerprint density at radius 1 is 1.30 bits per heavy atom. The van der Waals surface area contributed by atoms with Crippen molar-refractivity contribution in [3.8, 4) is 17.0 Å². The molecule has 1 aromatic carbocycles. The van der Waals surface area contributed by atoms with Gasteiger partial charge in [-0.25, -0.2) is 14.3 Å². The van der Waals surface area contributed by atoms with E-state index >= 15 is 0 Å². The number of hydrogen-bond acceptors (Lipinski definition) is 4. The summed E-state index contributed by atoms with van der Waals surface area (Å²) in [6.07, 6.45) is 3.11. The number of fused-ring (bicyclic) bond motifs is 1. The van der Waals surface area contributed by atoms with Crippen LogP contribution in [-0.2, 0) is 0 Å². The fourth-order valence-electron chi connectivity index (χ4n) is 2.05. The Hall–Kier alpha value is -2.89. The van der Waals surface area contributed by atoms with Crippen LogP contribution in [0.25, 0.3) is 16.9 Å². The SMILES string of the molecule is COc1ccccc1-c1cn2nccc(C(=O)O)c2n1. The van der Waals surface area contributed by atoms with E-state index in [2.05, 4.69) is 10.1 Å². The summed E-state index contributed by atoms with van der Waals surface area (Å²) in [5.41, 5.74) is 1.82. The second-order valence-electron chi connectivity index (χ2n) is 4.14. The zero-order valence-corrected chi connectivity index (χ0v) is 10.6. The number of para-hydroxylation sites is 1. The molecular formula is C14H11N3O3. The molecule has 0 bridgehead atoms. The van der Waals surface area contributed by atoms with Crippen molar-refractivity contribution in [2.75, 3.05) is 7.11 Å². The fourth-order valence-corrected chi connectivity index (χ4v) is 2.05. The van der Waals surface area contributed by atoms with Crippen LogP contribution >= 0.6 is 0 Å². The Labute approximate surface area is 114 Å². The van der Waals surface area contributed by atoms with Gasteiger partial charge in [0.2, 0.25) is 0 Å². The van der Waals surface area contributed by atoms with Crippen LogP contribution in [0.2, 0.25) is 0 Å². The molecule has 3 rings (SSSR count). The smallest absolute Gasteiger partial charge is 0.339 e. The highest BCUT2D eigenvalue weighted by atomic mass is 16.5. The summed E-state index contributed by atoms with van der Waals surface area (Å²) < 4.78 is 6.74. The Morgan fingerprint density at radius 3 is 2.85 bits per heavy atom. The highest BCUT2D eigenvalue weighted by molar-refractivity contribution is 5.94. The van der Waals surface area contributed by atoms with Crippen molar-refractivity contribution in [2.45, 2.75) is 0 Å². The lowest BCUT2D eigenvalue weighted by molar-refractivity contribution is 0.0698. The molecule has 0 unspecified atom stereocenters. The number of benzene rings is 1. The number of imidazole rings is 1. The minimum absolute atomic E-state index is 0.112. The van der Waals surface area contributed by atoms with E-state index in [1.807, 2.05) is 24.3 Å². The van der Waals surface area contributed by atoms with Crippen molar-refractivity contribution in [3.05, 3.63) is 48.3 Å². The minimum atomic E-state index is -1.03. The molecule has 2 aromatic heterocycles. The van der Waals surface area contributed by atoms with Crippen LogP contribution < -0.4 is 4.74 Å². The number of hydrogen-bond donors (Lipinski definition) is 1. The number of aromatic nitrogens is 3. The number of aromatic carboxylic acids is 1. The largest absolute Gasteiger partial charge is 0.496 e. The second-order valence-corrected chi connectivity index (χ2v) is 4.14. The first-order chi connectivity index (χ1) is 9.70. The first kappa shape index (κ1) is 12.2. The lowest BCUT2D eigenvalue weighted by Gasteiger charge is -2.04. The minimum Gasteiger partial charge on any atom is -0.496 e. The van der Waals surface area contributed by atoms with Crippen molar-refractivity contribution in [1.82, 2.24) is 14.6 Å². The molecule has 0 aliphatic rings. The van der Waals surface area contributed by atoms with Crippen molar-refractivity contribution >= 4 is 11.6 Å². The Kier molecular flexibility index (Phi) is 2.83. The van der Waals surface area contributed by atoms with E-state index in [0.717, 1.165) is 5.56 Å². The third-order valence-corrected chi connectivity index (χ3v) is 2.97. The zero-order chi connectivity index (χ0) is 14.1. The molecule has 2 heterocycles. The van der Waals surface area contributed by atoms with E-state index in [1.54, 1.807) is 13.3 Å². The van der Waals surface area contributed by atoms with Gasteiger partial charge in [-0.05, 0) is 18.2 Å². The molecule has 0 radical (unpaired) electrons. The van der Waals surface area contributed by atoms with Gasteiger partial charge >= 0.3 is 5.97 Å². The van der Waals surface area contributed by atoms with Gasteiger partial charge in [-0.15, -0.1) is 0 Å². The molecule has 1 N–H and O–H groups in total. The fraction of sp³-hybridized carbons (Fsp3) is 0.0714. The van der Waals surface area contributed by atoms with E-state index in [-0.39, 0.29) is 5.56 Å². The molecule has 0 atom stereocenters. The topological polar surface area (TPSA) is 76.7 Å². The van der Waals surface area contributed by atoms with Crippen molar-refractivity contribution in [2.24, 2.45) is 0 Å². The molecule has 0 saturated heterocycles. The van der Waals surface area contributed by atoms with E-state index < -0.39 is 5.97 Å². The molecule has 20 heavy (non-hydrogen) atoms. The van der Waals surface area contributed by atoms with E-state index in [4.69, 9.17) is 9.84 Å². The third kappa shape index (κ3) is 1.87. The van der Waals surface area contributed by atoms with Crippen molar-refractivity contribution in [1.29, 1.82) is 0 Å². The van der Waals surface area contributed by atoms with Crippen LogP contribution in [0.1, 0.15) is 10.4 Å². The summed E-state index contributed by atoms with van der Waals surface area (Å²) in [5, 5.41) is 13.2. The van der Waals surface area contributed by atoms with E-state index in [1.165, 1.54) is 16.8 Å². The number of methoxy groups -OCH3 is 1. The highest BCUT2D eigenvalue weighted by Gasteiger charge is 2.15. The maximum absolute atomic E-state index is 11.2. The number of carboxylic acid groups (broad SMARTS) is 1. The summed E-state index contributed by atoms with van der Waals surface area (Å²) in [6, 6.07) is 8.84. The molecule has 0 fully saturated rings. The average Bonchev–Trinajstić information content (AvgIpc) is 2.90. The second kappa shape index (κ2) is 4.65. The number of ether oxygens (including phenoxy) is 1. The van der Waals surface area contributed by atoms with Crippen molar-refractivity contribution in [3.63, 3.8) is 0 Å². The summed E-state index contributed by atoms with van der Waals surface area (Å²) in [7, 11) is 1.58. The molecule has 6 heteroatoms. The Balaban J connectivity index is 2.23. The number of rotatable bonds is 3. The van der Waals surface area contributed by atoms with Gasteiger partial charge in [0.25, 0.3) is 0 Å². The van der Waals surface area contributed by atoms with Crippen LogP contribution in [0.4, 0.5) is 0 Å². The van der Waals surface area contributed by atoms with Gasteiger partial charge in [0.05, 0.1) is 19.0 Å². The van der Waals surface area contributed by atoms with E-state index in [9.17, 15) is 4.79 Å². The molecule has 0 aliphatic heterocycles. The van der Waals surface area contributed by atoms with Gasteiger partial charge < -0.3 is 9.84 Å². The average molecular weight is 269 g/mol. The maximum Gasteiger partial charge on any atom is 0.339 e. The number of carboxylic acids is 1. The summed E-state index contributed by atoms with van der Waals surface area (Å²) in [5.74, 6) is -0.359. The van der Waals surface area contributed by atoms with Crippen LogP contribution in [0.3, 0.4) is 0 Å². The van der Waals surface area contributed by atoms with E-state index in [0.29, 0.717) is 17.1 Å². The van der Waals surface area contributed by atoms with Gasteiger partial charge in [0.1, 0.15) is 11.3 Å².